The Balaban J connectivity index is 1.62. The molecule has 1 fully saturated rings. The van der Waals surface area contributed by atoms with E-state index in [1.54, 1.807) is 18.4 Å². The third-order valence-corrected chi connectivity index (χ3v) is 4.99. The maximum atomic E-state index is 12.5. The minimum Gasteiger partial charge on any atom is -0.500 e. The van der Waals surface area contributed by atoms with Crippen molar-refractivity contribution in [3.63, 3.8) is 0 Å². The summed E-state index contributed by atoms with van der Waals surface area (Å²) < 4.78 is 5.18. The molecule has 0 saturated carbocycles. The molecule has 6 nitrogen and oxygen atoms in total. The first-order valence-corrected chi connectivity index (χ1v) is 8.39. The summed E-state index contributed by atoms with van der Waals surface area (Å²) in [5, 5.41) is 2.77. The van der Waals surface area contributed by atoms with Crippen molar-refractivity contribution in [2.24, 2.45) is 11.8 Å². The summed E-state index contributed by atoms with van der Waals surface area (Å²) in [4.78, 5) is 39.4. The Morgan fingerprint density at radius 2 is 2.08 bits per heavy atom. The normalized spacial score (nSPS) is 30.6. The van der Waals surface area contributed by atoms with Crippen molar-refractivity contribution in [2.45, 2.75) is 38.8 Å². The highest BCUT2D eigenvalue weighted by atomic mass is 16.5. The van der Waals surface area contributed by atoms with Crippen LogP contribution in [0.3, 0.4) is 0 Å². The molecular formula is C18H24N2O4. The Morgan fingerprint density at radius 1 is 1.33 bits per heavy atom. The van der Waals surface area contributed by atoms with Crippen LogP contribution in [0.15, 0.2) is 24.0 Å². The first kappa shape index (κ1) is 16.9. The van der Waals surface area contributed by atoms with Gasteiger partial charge in [0.1, 0.15) is 12.5 Å². The summed E-state index contributed by atoms with van der Waals surface area (Å²) in [6.45, 7) is 7.58. The molecule has 6 heteroatoms. The highest BCUT2D eigenvalue weighted by molar-refractivity contribution is 6.07. The minimum atomic E-state index is -0.831. The van der Waals surface area contributed by atoms with E-state index >= 15 is 0 Å². The molecule has 0 aromatic rings. The summed E-state index contributed by atoms with van der Waals surface area (Å²) in [5.74, 6) is -1.73. The second-order valence-corrected chi connectivity index (χ2v) is 7.65. The highest BCUT2D eigenvalue weighted by Crippen LogP contribution is 2.29. The molecule has 0 spiro atoms. The molecule has 0 aromatic carbocycles. The number of hydrogen-bond acceptors (Lipinski definition) is 5. The van der Waals surface area contributed by atoms with E-state index in [0.29, 0.717) is 19.6 Å². The van der Waals surface area contributed by atoms with E-state index in [1.807, 2.05) is 0 Å². The number of piperidine rings is 1. The van der Waals surface area contributed by atoms with Crippen LogP contribution >= 0.6 is 0 Å². The van der Waals surface area contributed by atoms with Crippen LogP contribution in [0.5, 0.6) is 0 Å². The number of likely N-dealkylation sites (tertiary alicyclic amines) is 1. The van der Waals surface area contributed by atoms with Gasteiger partial charge in [-0.25, -0.2) is 0 Å². The largest absolute Gasteiger partial charge is 0.500 e. The Bertz CT molecular complexity index is 629. The van der Waals surface area contributed by atoms with E-state index in [4.69, 9.17) is 4.74 Å². The first-order valence-electron chi connectivity index (χ1n) is 8.39. The van der Waals surface area contributed by atoms with Crippen molar-refractivity contribution >= 4 is 17.5 Å². The maximum Gasteiger partial charge on any atom is 0.235 e. The van der Waals surface area contributed by atoms with Gasteiger partial charge in [-0.1, -0.05) is 12.2 Å². The topological polar surface area (TPSA) is 75.7 Å². The molecule has 1 amide bonds. The fourth-order valence-electron chi connectivity index (χ4n) is 3.37. The average Bonchev–Trinajstić information content (AvgIpc) is 2.98. The summed E-state index contributed by atoms with van der Waals surface area (Å²) in [6.07, 6.45) is 5.51. The maximum absolute atomic E-state index is 12.5. The van der Waals surface area contributed by atoms with Gasteiger partial charge >= 0.3 is 0 Å². The van der Waals surface area contributed by atoms with Crippen LogP contribution < -0.4 is 5.32 Å². The van der Waals surface area contributed by atoms with Crippen molar-refractivity contribution in [3.8, 4) is 0 Å². The lowest BCUT2D eigenvalue weighted by Crippen LogP contribution is -2.57. The summed E-state index contributed by atoms with van der Waals surface area (Å²) in [5.41, 5.74) is 0.747. The summed E-state index contributed by atoms with van der Waals surface area (Å²) in [6, 6.07) is -0.505. The van der Waals surface area contributed by atoms with Gasteiger partial charge in [0.15, 0.2) is 11.6 Å². The molecule has 0 bridgehead atoms. The molecule has 1 saturated heterocycles. The number of Topliss-reactive ketones (excluding diaryl/α,β-unsaturated/α-hetero) is 2. The predicted molar refractivity (Wildman–Crippen MR) is 88.0 cm³/mol. The van der Waals surface area contributed by atoms with Gasteiger partial charge in [0.05, 0.1) is 24.8 Å². The van der Waals surface area contributed by atoms with Crippen LogP contribution in [0.2, 0.25) is 0 Å². The lowest BCUT2D eigenvalue weighted by atomic mass is 9.82. The van der Waals surface area contributed by atoms with E-state index in [9.17, 15) is 14.4 Å². The number of ketones is 2. The lowest BCUT2D eigenvalue weighted by Gasteiger charge is -2.40. The molecule has 130 valence electrons. The van der Waals surface area contributed by atoms with Crippen LogP contribution in [0.1, 0.15) is 27.2 Å². The van der Waals surface area contributed by atoms with Crippen LogP contribution in [-0.4, -0.2) is 53.7 Å². The number of carbonyl (C=O) groups is 3. The highest BCUT2D eigenvalue weighted by Gasteiger charge is 2.40. The molecule has 3 rings (SSSR count). The fourth-order valence-corrected chi connectivity index (χ4v) is 3.37. The van der Waals surface area contributed by atoms with Crippen molar-refractivity contribution in [3.05, 3.63) is 24.0 Å². The van der Waals surface area contributed by atoms with E-state index in [0.717, 1.165) is 12.1 Å². The Labute approximate surface area is 141 Å². The zero-order valence-corrected chi connectivity index (χ0v) is 14.4. The van der Waals surface area contributed by atoms with Gasteiger partial charge in [-0.05, 0) is 27.2 Å². The van der Waals surface area contributed by atoms with Crippen LogP contribution in [0.4, 0.5) is 0 Å². The zero-order chi connectivity index (χ0) is 17.5. The predicted octanol–water partition coefficient (Wildman–Crippen LogP) is 0.830. The number of amides is 1. The van der Waals surface area contributed by atoms with Crippen molar-refractivity contribution in [2.75, 3.05) is 19.7 Å². The number of fused-ring (bicyclic) bond motifs is 1. The molecule has 1 aliphatic carbocycles. The second-order valence-electron chi connectivity index (χ2n) is 7.65. The average molecular weight is 332 g/mol. The van der Waals surface area contributed by atoms with Gasteiger partial charge in [0.2, 0.25) is 5.91 Å². The molecule has 0 aromatic heterocycles. The van der Waals surface area contributed by atoms with Gasteiger partial charge in [-0.3, -0.25) is 19.3 Å². The lowest BCUT2D eigenvalue weighted by molar-refractivity contribution is -0.137. The Hall–Kier alpha value is -1.95. The van der Waals surface area contributed by atoms with Crippen LogP contribution in [0, 0.1) is 11.8 Å². The summed E-state index contributed by atoms with van der Waals surface area (Å²) in [7, 11) is 0. The number of hydrogen-bond donors (Lipinski definition) is 1. The van der Waals surface area contributed by atoms with E-state index in [1.165, 1.54) is 0 Å². The standard InChI is InChI=1S/C18H24N2O4/c1-18(2,3)20-7-6-14(15(21)8-20)19-17(23)12-5-4-11-9-24-10-13(11)16(12)22/h4-5,9,12-14H,6-8,10H2,1-3H3,(H,19,23). The SMILES string of the molecule is CC(C)(C)N1CCC(NC(=O)C2C=CC3=COCC3C2=O)C(=O)C1. The van der Waals surface area contributed by atoms with Gasteiger partial charge in [0, 0.05) is 17.7 Å². The number of nitrogens with zero attached hydrogens (tertiary/aromatic N) is 1. The molecule has 3 unspecified atom stereocenters. The van der Waals surface area contributed by atoms with Crippen LogP contribution in [0.25, 0.3) is 0 Å². The Morgan fingerprint density at radius 3 is 2.75 bits per heavy atom. The molecule has 2 heterocycles. The quantitative estimate of drug-likeness (QED) is 0.758. The number of rotatable bonds is 2. The van der Waals surface area contributed by atoms with Crippen molar-refractivity contribution in [1.29, 1.82) is 0 Å². The number of carbonyl (C=O) groups excluding carboxylic acids is 3. The van der Waals surface area contributed by atoms with Gasteiger partial charge in [-0.2, -0.15) is 0 Å². The molecule has 0 radical (unpaired) electrons. The first-order chi connectivity index (χ1) is 11.3. The minimum absolute atomic E-state index is 0.00143. The molecular weight excluding hydrogens is 308 g/mol. The van der Waals surface area contributed by atoms with Gasteiger partial charge < -0.3 is 10.1 Å². The van der Waals surface area contributed by atoms with Crippen molar-refractivity contribution < 1.29 is 19.1 Å². The third-order valence-electron chi connectivity index (χ3n) is 4.99. The van der Waals surface area contributed by atoms with Gasteiger partial charge in [-0.15, -0.1) is 0 Å². The Kier molecular flexibility index (Phi) is 4.34. The second kappa shape index (κ2) is 6.16. The van der Waals surface area contributed by atoms with Crippen molar-refractivity contribution in [1.82, 2.24) is 10.2 Å². The zero-order valence-electron chi connectivity index (χ0n) is 14.4. The van der Waals surface area contributed by atoms with Gasteiger partial charge in [0.25, 0.3) is 0 Å². The van der Waals surface area contributed by atoms with E-state index < -0.39 is 12.0 Å². The molecule has 24 heavy (non-hydrogen) atoms. The van der Waals surface area contributed by atoms with Crippen LogP contribution in [-0.2, 0) is 19.1 Å². The molecule has 2 aliphatic heterocycles. The van der Waals surface area contributed by atoms with E-state index in [2.05, 4.69) is 31.0 Å². The smallest absolute Gasteiger partial charge is 0.235 e. The fraction of sp³-hybridized carbons (Fsp3) is 0.611. The molecule has 3 aliphatic rings. The number of ether oxygens (including phenoxy) is 1. The monoisotopic (exact) mass is 332 g/mol. The van der Waals surface area contributed by atoms with E-state index in [-0.39, 0.29) is 28.9 Å². The molecule has 3 atom stereocenters. The number of allylic oxidation sites excluding steroid dienone is 1. The molecule has 1 N–H and O–H groups in total. The third kappa shape index (κ3) is 3.15. The number of nitrogens with one attached hydrogen (secondary N) is 1. The summed E-state index contributed by atoms with van der Waals surface area (Å²) >= 11 is 0.